The highest BCUT2D eigenvalue weighted by atomic mass is 16.4. The summed E-state index contributed by atoms with van der Waals surface area (Å²) in [4.78, 5) is 13.6. The zero-order chi connectivity index (χ0) is 13.9. The minimum absolute atomic E-state index is 0.300. The van der Waals surface area contributed by atoms with E-state index in [1.807, 2.05) is 0 Å². The number of carboxylic acids is 1. The summed E-state index contributed by atoms with van der Waals surface area (Å²) in [7, 11) is 0. The number of nitrogens with zero attached hydrogens (tertiary/aromatic N) is 1. The summed E-state index contributed by atoms with van der Waals surface area (Å²) in [5.41, 5.74) is 4.24. The number of carbonyl (C=O) groups is 1. The van der Waals surface area contributed by atoms with Crippen LogP contribution in [0.3, 0.4) is 0 Å². The molecule has 0 bridgehead atoms. The van der Waals surface area contributed by atoms with E-state index in [1.165, 1.54) is 36.0 Å². The van der Waals surface area contributed by atoms with Crippen LogP contribution < -0.4 is 0 Å². The SMILES string of the molecule is O=C(O)C1CCCCCN1Cc1ccc2c(c1)CCC2. The van der Waals surface area contributed by atoms with Crippen molar-refractivity contribution in [2.24, 2.45) is 0 Å². The minimum Gasteiger partial charge on any atom is -0.480 e. The second kappa shape index (κ2) is 5.96. The molecular weight excluding hydrogens is 250 g/mol. The van der Waals surface area contributed by atoms with Crippen molar-refractivity contribution in [3.8, 4) is 0 Å². The van der Waals surface area contributed by atoms with E-state index in [0.29, 0.717) is 0 Å². The third-order valence-corrected chi connectivity index (χ3v) is 4.70. The van der Waals surface area contributed by atoms with Crippen LogP contribution in [0.4, 0.5) is 0 Å². The van der Waals surface area contributed by atoms with Gasteiger partial charge in [0.2, 0.25) is 0 Å². The zero-order valence-electron chi connectivity index (χ0n) is 12.0. The molecule has 3 nitrogen and oxygen atoms in total. The van der Waals surface area contributed by atoms with E-state index >= 15 is 0 Å². The number of likely N-dealkylation sites (tertiary alicyclic amines) is 1. The summed E-state index contributed by atoms with van der Waals surface area (Å²) in [6, 6.07) is 6.43. The van der Waals surface area contributed by atoms with Crippen LogP contribution in [-0.2, 0) is 24.2 Å². The number of carboxylic acid groups (broad SMARTS) is 1. The molecular formula is C17H23NO2. The highest BCUT2D eigenvalue weighted by molar-refractivity contribution is 5.73. The lowest BCUT2D eigenvalue weighted by molar-refractivity contribution is -0.143. The van der Waals surface area contributed by atoms with Gasteiger partial charge in [0.1, 0.15) is 6.04 Å². The third-order valence-electron chi connectivity index (χ3n) is 4.70. The van der Waals surface area contributed by atoms with E-state index in [2.05, 4.69) is 23.1 Å². The maximum atomic E-state index is 11.5. The number of aliphatic carboxylic acids is 1. The highest BCUT2D eigenvalue weighted by Gasteiger charge is 2.27. The second-order valence-corrected chi connectivity index (χ2v) is 6.13. The molecule has 3 heteroatoms. The van der Waals surface area contributed by atoms with Crippen molar-refractivity contribution < 1.29 is 9.90 Å². The quantitative estimate of drug-likeness (QED) is 0.920. The van der Waals surface area contributed by atoms with E-state index in [0.717, 1.165) is 38.8 Å². The Balaban J connectivity index is 1.75. The van der Waals surface area contributed by atoms with E-state index in [4.69, 9.17) is 0 Å². The average Bonchev–Trinajstić information content (AvgIpc) is 2.76. The van der Waals surface area contributed by atoms with Crippen LogP contribution in [0.2, 0.25) is 0 Å². The van der Waals surface area contributed by atoms with E-state index in [1.54, 1.807) is 0 Å². The highest BCUT2D eigenvalue weighted by Crippen LogP contribution is 2.25. The molecule has 0 saturated carbocycles. The average molecular weight is 273 g/mol. The van der Waals surface area contributed by atoms with Gasteiger partial charge in [0.15, 0.2) is 0 Å². The van der Waals surface area contributed by atoms with Crippen LogP contribution in [0.5, 0.6) is 0 Å². The van der Waals surface area contributed by atoms with Crippen molar-refractivity contribution in [1.29, 1.82) is 0 Å². The number of hydrogen-bond acceptors (Lipinski definition) is 2. The van der Waals surface area contributed by atoms with Crippen molar-refractivity contribution in [3.63, 3.8) is 0 Å². The minimum atomic E-state index is -0.659. The van der Waals surface area contributed by atoms with Gasteiger partial charge in [-0.05, 0) is 55.3 Å². The molecule has 0 spiro atoms. The monoisotopic (exact) mass is 273 g/mol. The molecule has 1 fully saturated rings. The Hall–Kier alpha value is -1.35. The Kier molecular flexibility index (Phi) is 4.06. The number of rotatable bonds is 3. The van der Waals surface area contributed by atoms with Crippen molar-refractivity contribution in [2.75, 3.05) is 6.54 Å². The molecule has 3 rings (SSSR count). The Bertz CT molecular complexity index is 498. The van der Waals surface area contributed by atoms with Gasteiger partial charge in [0, 0.05) is 6.54 Å². The van der Waals surface area contributed by atoms with Gasteiger partial charge in [0.05, 0.1) is 0 Å². The van der Waals surface area contributed by atoms with Crippen LogP contribution in [0.15, 0.2) is 18.2 Å². The van der Waals surface area contributed by atoms with E-state index < -0.39 is 5.97 Å². The van der Waals surface area contributed by atoms with Crippen LogP contribution in [-0.4, -0.2) is 28.6 Å². The lowest BCUT2D eigenvalue weighted by Gasteiger charge is -2.26. The fourth-order valence-corrected chi connectivity index (χ4v) is 3.59. The molecule has 1 atom stereocenters. The third kappa shape index (κ3) is 2.88. The maximum absolute atomic E-state index is 11.5. The molecule has 20 heavy (non-hydrogen) atoms. The Morgan fingerprint density at radius 3 is 2.85 bits per heavy atom. The lowest BCUT2D eigenvalue weighted by atomic mass is 10.0. The summed E-state index contributed by atoms with van der Waals surface area (Å²) in [6.07, 6.45) is 7.76. The van der Waals surface area contributed by atoms with E-state index in [9.17, 15) is 9.90 Å². The molecule has 1 aromatic carbocycles. The molecule has 108 valence electrons. The van der Waals surface area contributed by atoms with Crippen LogP contribution in [0, 0.1) is 0 Å². The predicted octanol–water partition coefficient (Wildman–Crippen LogP) is 3.00. The second-order valence-electron chi connectivity index (χ2n) is 6.13. The number of benzene rings is 1. The molecule has 1 saturated heterocycles. The summed E-state index contributed by atoms with van der Waals surface area (Å²) in [5.74, 6) is -0.659. The van der Waals surface area contributed by atoms with E-state index in [-0.39, 0.29) is 6.04 Å². The van der Waals surface area contributed by atoms with Gasteiger partial charge >= 0.3 is 5.97 Å². The first-order valence-electron chi connectivity index (χ1n) is 7.81. The van der Waals surface area contributed by atoms with Gasteiger partial charge in [-0.15, -0.1) is 0 Å². The lowest BCUT2D eigenvalue weighted by Crippen LogP contribution is -2.40. The van der Waals surface area contributed by atoms with Gasteiger partial charge in [-0.2, -0.15) is 0 Å². The first kappa shape index (κ1) is 13.6. The fourth-order valence-electron chi connectivity index (χ4n) is 3.59. The standard InChI is InChI=1S/C17H23NO2/c19-17(20)16-7-2-1-3-10-18(16)12-13-8-9-14-5-4-6-15(14)11-13/h8-9,11,16H,1-7,10,12H2,(H,19,20). The zero-order valence-corrected chi connectivity index (χ0v) is 12.0. The van der Waals surface area contributed by atoms with Crippen LogP contribution in [0.1, 0.15) is 48.8 Å². The van der Waals surface area contributed by atoms with Gasteiger partial charge in [-0.3, -0.25) is 9.69 Å². The summed E-state index contributed by atoms with van der Waals surface area (Å²) < 4.78 is 0. The maximum Gasteiger partial charge on any atom is 0.320 e. The van der Waals surface area contributed by atoms with Crippen molar-refractivity contribution in [1.82, 2.24) is 4.90 Å². The van der Waals surface area contributed by atoms with Gasteiger partial charge < -0.3 is 5.11 Å². The molecule has 1 heterocycles. The summed E-state index contributed by atoms with van der Waals surface area (Å²) in [5, 5.41) is 9.42. The molecule has 1 aliphatic heterocycles. The van der Waals surface area contributed by atoms with Crippen LogP contribution in [0.25, 0.3) is 0 Å². The fraction of sp³-hybridized carbons (Fsp3) is 0.588. The van der Waals surface area contributed by atoms with Gasteiger partial charge in [-0.25, -0.2) is 0 Å². The molecule has 0 radical (unpaired) electrons. The number of hydrogen-bond donors (Lipinski definition) is 1. The van der Waals surface area contributed by atoms with Crippen LogP contribution >= 0.6 is 0 Å². The normalized spacial score (nSPS) is 23.3. The summed E-state index contributed by atoms with van der Waals surface area (Å²) >= 11 is 0. The van der Waals surface area contributed by atoms with Crippen molar-refractivity contribution in [2.45, 2.75) is 57.5 Å². The number of aryl methyl sites for hydroxylation is 2. The number of fused-ring (bicyclic) bond motifs is 1. The van der Waals surface area contributed by atoms with Gasteiger partial charge in [0.25, 0.3) is 0 Å². The largest absolute Gasteiger partial charge is 0.480 e. The molecule has 0 aromatic heterocycles. The molecule has 1 unspecified atom stereocenters. The topological polar surface area (TPSA) is 40.5 Å². The smallest absolute Gasteiger partial charge is 0.320 e. The molecule has 1 aliphatic carbocycles. The molecule has 0 amide bonds. The Labute approximate surface area is 120 Å². The predicted molar refractivity (Wildman–Crippen MR) is 78.8 cm³/mol. The van der Waals surface area contributed by atoms with Crippen molar-refractivity contribution in [3.05, 3.63) is 34.9 Å². The Morgan fingerprint density at radius 1 is 1.15 bits per heavy atom. The van der Waals surface area contributed by atoms with Crippen molar-refractivity contribution >= 4 is 5.97 Å². The first-order valence-corrected chi connectivity index (χ1v) is 7.81. The summed E-state index contributed by atoms with van der Waals surface area (Å²) in [6.45, 7) is 1.69. The first-order chi connectivity index (χ1) is 9.74. The Morgan fingerprint density at radius 2 is 2.00 bits per heavy atom. The molecule has 2 aliphatic rings. The van der Waals surface area contributed by atoms with Gasteiger partial charge in [-0.1, -0.05) is 31.0 Å². The molecule has 1 N–H and O–H groups in total. The molecule has 1 aromatic rings.